The van der Waals surface area contributed by atoms with Crippen LogP contribution in [0, 0.1) is 0 Å². The van der Waals surface area contributed by atoms with E-state index in [4.69, 9.17) is 0 Å². The van der Waals surface area contributed by atoms with Gasteiger partial charge in [-0.1, -0.05) is 42.5 Å². The van der Waals surface area contributed by atoms with Crippen molar-refractivity contribution in [2.75, 3.05) is 13.7 Å². The zero-order valence-electron chi connectivity index (χ0n) is 13.4. The Morgan fingerprint density at radius 1 is 0.913 bits per heavy atom. The van der Waals surface area contributed by atoms with Gasteiger partial charge in [-0.2, -0.15) is 0 Å². The average Bonchev–Trinajstić information content (AvgIpc) is 2.81. The molecule has 0 fully saturated rings. The summed E-state index contributed by atoms with van der Waals surface area (Å²) in [6.07, 6.45) is 0.876. The van der Waals surface area contributed by atoms with Gasteiger partial charge in [0.15, 0.2) is 0 Å². The van der Waals surface area contributed by atoms with Gasteiger partial charge in [-0.25, -0.2) is 0 Å². The second kappa shape index (κ2) is 6.34. The molecule has 1 aliphatic heterocycles. The van der Waals surface area contributed by atoms with E-state index in [2.05, 4.69) is 19.1 Å². The Hall–Kier alpha value is -2.46. The van der Waals surface area contributed by atoms with Crippen LogP contribution >= 0.6 is 0 Å². The van der Waals surface area contributed by atoms with Crippen molar-refractivity contribution in [3.63, 3.8) is 0 Å². The lowest BCUT2D eigenvalue weighted by Crippen LogP contribution is -2.43. The third kappa shape index (κ3) is 3.03. The van der Waals surface area contributed by atoms with Gasteiger partial charge in [-0.3, -0.25) is 19.4 Å². The fourth-order valence-electron chi connectivity index (χ4n) is 2.84. The van der Waals surface area contributed by atoms with Gasteiger partial charge in [0.2, 0.25) is 0 Å². The van der Waals surface area contributed by atoms with E-state index in [0.29, 0.717) is 17.8 Å². The Morgan fingerprint density at radius 2 is 1.43 bits per heavy atom. The highest BCUT2D eigenvalue weighted by Gasteiger charge is 2.35. The highest BCUT2D eigenvalue weighted by molar-refractivity contribution is 6.21. The van der Waals surface area contributed by atoms with Crippen molar-refractivity contribution in [2.45, 2.75) is 19.4 Å². The van der Waals surface area contributed by atoms with E-state index in [9.17, 15) is 9.59 Å². The molecule has 1 aliphatic rings. The van der Waals surface area contributed by atoms with Gasteiger partial charge in [0.1, 0.15) is 0 Å². The molecule has 0 spiro atoms. The van der Waals surface area contributed by atoms with Crippen molar-refractivity contribution in [3.05, 3.63) is 71.3 Å². The molecule has 0 aromatic heterocycles. The highest BCUT2D eigenvalue weighted by atomic mass is 16.2. The summed E-state index contributed by atoms with van der Waals surface area (Å²) < 4.78 is 0. The van der Waals surface area contributed by atoms with E-state index in [0.717, 1.165) is 6.42 Å². The molecule has 118 valence electrons. The van der Waals surface area contributed by atoms with E-state index >= 15 is 0 Å². The van der Waals surface area contributed by atoms with Gasteiger partial charge in [0.05, 0.1) is 17.8 Å². The number of likely N-dealkylation sites (N-methyl/N-ethyl adjacent to an activating group) is 1. The normalized spacial score (nSPS) is 15.2. The number of amides is 2. The van der Waals surface area contributed by atoms with Gasteiger partial charge in [-0.05, 0) is 38.1 Å². The van der Waals surface area contributed by atoms with Crippen LogP contribution in [0.4, 0.5) is 0 Å². The van der Waals surface area contributed by atoms with Crippen LogP contribution in [-0.4, -0.2) is 41.4 Å². The molecule has 23 heavy (non-hydrogen) atoms. The van der Waals surface area contributed by atoms with E-state index in [-0.39, 0.29) is 17.9 Å². The summed E-state index contributed by atoms with van der Waals surface area (Å²) in [5, 5.41) is 0. The van der Waals surface area contributed by atoms with Crippen molar-refractivity contribution >= 4 is 11.8 Å². The summed E-state index contributed by atoms with van der Waals surface area (Å²) in [6.45, 7) is 2.41. The van der Waals surface area contributed by atoms with Crippen LogP contribution in [0.5, 0.6) is 0 Å². The second-order valence-electron chi connectivity index (χ2n) is 6.02. The number of imide groups is 1. The summed E-state index contributed by atoms with van der Waals surface area (Å²) in [5.74, 6) is -0.409. The van der Waals surface area contributed by atoms with Crippen molar-refractivity contribution in [1.29, 1.82) is 0 Å². The predicted octanol–water partition coefficient (Wildman–Crippen LogP) is 2.80. The smallest absolute Gasteiger partial charge is 0.262 e. The largest absolute Gasteiger partial charge is 0.286 e. The molecule has 0 saturated heterocycles. The van der Waals surface area contributed by atoms with Gasteiger partial charge in [0.25, 0.3) is 11.8 Å². The third-order valence-corrected chi connectivity index (χ3v) is 4.37. The maximum atomic E-state index is 12.4. The topological polar surface area (TPSA) is 40.6 Å². The van der Waals surface area contributed by atoms with Crippen molar-refractivity contribution in [3.8, 4) is 0 Å². The first-order valence-corrected chi connectivity index (χ1v) is 7.77. The van der Waals surface area contributed by atoms with Crippen LogP contribution in [0.2, 0.25) is 0 Å². The number of hydrogen-bond donors (Lipinski definition) is 0. The number of carbonyl (C=O) groups excluding carboxylic acids is 2. The molecular formula is C19H20N2O2. The number of nitrogens with zero attached hydrogens (tertiary/aromatic N) is 2. The monoisotopic (exact) mass is 308 g/mol. The van der Waals surface area contributed by atoms with E-state index in [1.807, 2.05) is 30.1 Å². The Morgan fingerprint density at radius 3 is 2.00 bits per heavy atom. The van der Waals surface area contributed by atoms with Gasteiger partial charge < -0.3 is 0 Å². The Balaban J connectivity index is 1.68. The standard InChI is InChI=1S/C19H20N2O2/c1-14(12-15-8-4-3-5-9-15)20(2)13-21-18(22)16-10-6-7-11-17(16)19(21)23/h3-11,14H,12-13H2,1-2H3/t14-/m1/s1. The summed E-state index contributed by atoms with van der Waals surface area (Å²) >= 11 is 0. The molecule has 2 amide bonds. The molecule has 1 atom stereocenters. The molecule has 2 aromatic rings. The maximum absolute atomic E-state index is 12.4. The molecule has 1 heterocycles. The molecule has 0 radical (unpaired) electrons. The fourth-order valence-corrected chi connectivity index (χ4v) is 2.84. The van der Waals surface area contributed by atoms with Crippen LogP contribution in [0.1, 0.15) is 33.2 Å². The first-order valence-electron chi connectivity index (χ1n) is 7.77. The predicted molar refractivity (Wildman–Crippen MR) is 89.2 cm³/mol. The number of fused-ring (bicyclic) bond motifs is 1. The van der Waals surface area contributed by atoms with E-state index in [1.54, 1.807) is 24.3 Å². The summed E-state index contributed by atoms with van der Waals surface area (Å²) in [4.78, 5) is 28.2. The van der Waals surface area contributed by atoms with E-state index in [1.165, 1.54) is 10.5 Å². The minimum absolute atomic E-state index is 0.204. The number of hydrogen-bond acceptors (Lipinski definition) is 3. The van der Waals surface area contributed by atoms with Crippen LogP contribution in [0.15, 0.2) is 54.6 Å². The molecule has 0 saturated carbocycles. The maximum Gasteiger partial charge on any atom is 0.262 e. The minimum Gasteiger partial charge on any atom is -0.286 e. The van der Waals surface area contributed by atoms with Gasteiger partial charge in [0, 0.05) is 6.04 Å². The van der Waals surface area contributed by atoms with E-state index < -0.39 is 0 Å². The number of rotatable bonds is 5. The lowest BCUT2D eigenvalue weighted by atomic mass is 10.1. The van der Waals surface area contributed by atoms with Crippen LogP contribution < -0.4 is 0 Å². The SMILES string of the molecule is C[C@H](Cc1ccccc1)N(C)CN1C(=O)c2ccccc2C1=O. The Bertz CT molecular complexity index is 692. The summed E-state index contributed by atoms with van der Waals surface area (Å²) in [6, 6.07) is 17.4. The molecule has 0 aliphatic carbocycles. The number of benzene rings is 2. The quantitative estimate of drug-likeness (QED) is 0.798. The fraction of sp³-hybridized carbons (Fsp3) is 0.263. The van der Waals surface area contributed by atoms with Crippen molar-refractivity contribution < 1.29 is 9.59 Å². The Kier molecular flexibility index (Phi) is 4.26. The third-order valence-electron chi connectivity index (χ3n) is 4.37. The van der Waals surface area contributed by atoms with Crippen molar-refractivity contribution in [1.82, 2.24) is 9.80 Å². The molecule has 3 rings (SSSR count). The highest BCUT2D eigenvalue weighted by Crippen LogP contribution is 2.22. The number of carbonyl (C=O) groups is 2. The van der Waals surface area contributed by atoms with Gasteiger partial charge >= 0.3 is 0 Å². The van der Waals surface area contributed by atoms with Crippen LogP contribution in [0.25, 0.3) is 0 Å². The molecule has 0 bridgehead atoms. The molecular weight excluding hydrogens is 288 g/mol. The zero-order chi connectivity index (χ0) is 16.4. The first kappa shape index (κ1) is 15.4. The summed E-state index contributed by atoms with van der Waals surface area (Å²) in [5.41, 5.74) is 2.25. The van der Waals surface area contributed by atoms with Crippen LogP contribution in [0.3, 0.4) is 0 Å². The lowest BCUT2D eigenvalue weighted by molar-refractivity contribution is 0.0533. The zero-order valence-corrected chi connectivity index (χ0v) is 13.4. The molecule has 0 unspecified atom stereocenters. The summed E-state index contributed by atoms with van der Waals surface area (Å²) in [7, 11) is 1.94. The molecule has 0 N–H and O–H groups in total. The van der Waals surface area contributed by atoms with Crippen molar-refractivity contribution in [2.24, 2.45) is 0 Å². The molecule has 4 heteroatoms. The van der Waals surface area contributed by atoms with Crippen LogP contribution in [-0.2, 0) is 6.42 Å². The molecule has 2 aromatic carbocycles. The second-order valence-corrected chi connectivity index (χ2v) is 6.02. The Labute approximate surface area is 136 Å². The first-order chi connectivity index (χ1) is 11.1. The average molecular weight is 308 g/mol. The minimum atomic E-state index is -0.204. The lowest BCUT2D eigenvalue weighted by Gasteiger charge is -2.28. The van der Waals surface area contributed by atoms with Gasteiger partial charge in [-0.15, -0.1) is 0 Å². The molecule has 4 nitrogen and oxygen atoms in total.